The lowest BCUT2D eigenvalue weighted by atomic mass is 10.0. The molecule has 0 bridgehead atoms. The van der Waals surface area contributed by atoms with Crippen molar-refractivity contribution in [2.45, 2.75) is 50.7 Å². The van der Waals surface area contributed by atoms with Gasteiger partial charge in [-0.15, -0.1) is 0 Å². The van der Waals surface area contributed by atoms with Crippen molar-refractivity contribution in [2.75, 3.05) is 13.7 Å². The summed E-state index contributed by atoms with van der Waals surface area (Å²) in [6, 6.07) is 22.1. The van der Waals surface area contributed by atoms with Gasteiger partial charge in [0.1, 0.15) is 11.9 Å². The fourth-order valence-electron chi connectivity index (χ4n) is 4.69. The fraction of sp³-hybridized carbons (Fsp3) is 0.333. The standard InChI is InChI=1S/C30H33FN2O4/c1-36-27-17-9-10-18-28(27)37-21-29(34)33(20-23-13-5-8-16-25(23)31)26(19-22-11-3-2-4-12-22)30(35)32-24-14-6-7-15-24/h2-5,8-13,16-18,24,26H,6-7,14-15,19-21H2,1H3,(H,32,35)/t26-/m1/s1. The first-order valence-corrected chi connectivity index (χ1v) is 12.7. The molecule has 37 heavy (non-hydrogen) atoms. The van der Waals surface area contributed by atoms with Crippen molar-refractivity contribution in [3.8, 4) is 11.5 Å². The number of halogens is 1. The lowest BCUT2D eigenvalue weighted by Crippen LogP contribution is -2.53. The fourth-order valence-corrected chi connectivity index (χ4v) is 4.69. The maximum absolute atomic E-state index is 14.7. The van der Waals surface area contributed by atoms with Crippen LogP contribution in [0.4, 0.5) is 4.39 Å². The van der Waals surface area contributed by atoms with E-state index in [9.17, 15) is 14.0 Å². The van der Waals surface area contributed by atoms with Gasteiger partial charge < -0.3 is 19.7 Å². The Labute approximate surface area is 217 Å². The zero-order chi connectivity index (χ0) is 26.0. The van der Waals surface area contributed by atoms with Crippen LogP contribution in [0, 0.1) is 5.82 Å². The molecule has 6 nitrogen and oxygen atoms in total. The lowest BCUT2D eigenvalue weighted by molar-refractivity contribution is -0.143. The molecule has 1 atom stereocenters. The Morgan fingerprint density at radius 2 is 1.59 bits per heavy atom. The summed E-state index contributed by atoms with van der Waals surface area (Å²) in [6.07, 6.45) is 4.27. The van der Waals surface area contributed by atoms with Gasteiger partial charge in [-0.1, -0.05) is 73.5 Å². The molecule has 1 saturated carbocycles. The molecule has 1 N–H and O–H groups in total. The predicted molar refractivity (Wildman–Crippen MR) is 140 cm³/mol. The van der Waals surface area contributed by atoms with Crippen molar-refractivity contribution >= 4 is 11.8 Å². The summed E-state index contributed by atoms with van der Waals surface area (Å²) in [5, 5.41) is 3.14. The van der Waals surface area contributed by atoms with Gasteiger partial charge in [-0.25, -0.2) is 4.39 Å². The highest BCUT2D eigenvalue weighted by molar-refractivity contribution is 5.88. The Bertz CT molecular complexity index is 1180. The minimum Gasteiger partial charge on any atom is -0.493 e. The van der Waals surface area contributed by atoms with Crippen molar-refractivity contribution in [3.63, 3.8) is 0 Å². The van der Waals surface area contributed by atoms with Crippen LogP contribution in [0.25, 0.3) is 0 Å². The average molecular weight is 505 g/mol. The summed E-state index contributed by atoms with van der Waals surface area (Å²) in [6.45, 7) is -0.382. The highest BCUT2D eigenvalue weighted by atomic mass is 19.1. The van der Waals surface area contributed by atoms with Crippen LogP contribution in [0.3, 0.4) is 0 Å². The van der Waals surface area contributed by atoms with Gasteiger partial charge in [0.25, 0.3) is 5.91 Å². The number of amides is 2. The van der Waals surface area contributed by atoms with Gasteiger partial charge >= 0.3 is 0 Å². The van der Waals surface area contributed by atoms with Crippen LogP contribution in [0.15, 0.2) is 78.9 Å². The number of para-hydroxylation sites is 2. The summed E-state index contributed by atoms with van der Waals surface area (Å²) in [4.78, 5) is 28.7. The molecule has 2 amide bonds. The van der Waals surface area contributed by atoms with Crippen LogP contribution in [0.5, 0.6) is 11.5 Å². The number of ether oxygens (including phenoxy) is 2. The third kappa shape index (κ3) is 7.09. The molecule has 0 aliphatic heterocycles. The number of nitrogens with zero attached hydrogens (tertiary/aromatic N) is 1. The first-order valence-electron chi connectivity index (χ1n) is 12.7. The maximum Gasteiger partial charge on any atom is 0.261 e. The molecule has 0 spiro atoms. The molecule has 1 aliphatic carbocycles. The summed E-state index contributed by atoms with van der Waals surface area (Å²) in [5.74, 6) is -0.176. The Balaban J connectivity index is 1.63. The second-order valence-electron chi connectivity index (χ2n) is 9.25. The topological polar surface area (TPSA) is 67.9 Å². The van der Waals surface area contributed by atoms with E-state index in [4.69, 9.17) is 9.47 Å². The third-order valence-corrected chi connectivity index (χ3v) is 6.69. The van der Waals surface area contributed by atoms with Crippen LogP contribution in [-0.2, 0) is 22.6 Å². The van der Waals surface area contributed by atoms with Gasteiger partial charge in [0.05, 0.1) is 7.11 Å². The number of nitrogens with one attached hydrogen (secondary N) is 1. The molecule has 0 radical (unpaired) electrons. The first kappa shape index (κ1) is 26.2. The van der Waals surface area contributed by atoms with Crippen LogP contribution in [0.2, 0.25) is 0 Å². The number of rotatable bonds is 11. The van der Waals surface area contributed by atoms with Crippen molar-refractivity contribution in [1.82, 2.24) is 10.2 Å². The van der Waals surface area contributed by atoms with E-state index in [1.165, 1.54) is 18.1 Å². The van der Waals surface area contributed by atoms with Crippen LogP contribution < -0.4 is 14.8 Å². The molecule has 4 rings (SSSR count). The van der Waals surface area contributed by atoms with E-state index in [-0.39, 0.29) is 25.1 Å². The van der Waals surface area contributed by atoms with Crippen molar-refractivity contribution < 1.29 is 23.5 Å². The first-order chi connectivity index (χ1) is 18.0. The zero-order valence-corrected chi connectivity index (χ0v) is 21.1. The van der Waals surface area contributed by atoms with E-state index in [2.05, 4.69) is 5.32 Å². The maximum atomic E-state index is 14.7. The zero-order valence-electron chi connectivity index (χ0n) is 21.1. The number of methoxy groups -OCH3 is 1. The number of carbonyl (C=O) groups excluding carboxylic acids is 2. The van der Waals surface area contributed by atoms with Crippen molar-refractivity contribution in [1.29, 1.82) is 0 Å². The average Bonchev–Trinajstić information content (AvgIpc) is 3.44. The monoisotopic (exact) mass is 504 g/mol. The Morgan fingerprint density at radius 1 is 0.946 bits per heavy atom. The van der Waals surface area contributed by atoms with E-state index in [0.29, 0.717) is 23.5 Å². The number of carbonyl (C=O) groups is 2. The van der Waals surface area contributed by atoms with Gasteiger partial charge in [0.2, 0.25) is 5.91 Å². The normalized spacial score (nSPS) is 14.1. The van der Waals surface area contributed by atoms with Crippen LogP contribution >= 0.6 is 0 Å². The van der Waals surface area contributed by atoms with Crippen LogP contribution in [-0.4, -0.2) is 42.5 Å². The van der Waals surface area contributed by atoms with Crippen LogP contribution in [0.1, 0.15) is 36.8 Å². The molecule has 1 aliphatic rings. The minimum absolute atomic E-state index is 0.0591. The summed E-state index contributed by atoms with van der Waals surface area (Å²) in [5.41, 5.74) is 1.24. The second kappa shape index (κ2) is 12.9. The Morgan fingerprint density at radius 3 is 2.30 bits per heavy atom. The molecular weight excluding hydrogens is 471 g/mol. The molecule has 7 heteroatoms. The van der Waals surface area contributed by atoms with E-state index < -0.39 is 17.8 Å². The highest BCUT2D eigenvalue weighted by Crippen LogP contribution is 2.26. The van der Waals surface area contributed by atoms with Gasteiger partial charge in [-0.2, -0.15) is 0 Å². The molecule has 0 saturated heterocycles. The van der Waals surface area contributed by atoms with Crippen molar-refractivity contribution in [2.24, 2.45) is 0 Å². The molecule has 1 fully saturated rings. The quantitative estimate of drug-likeness (QED) is 0.403. The molecule has 194 valence electrons. The van der Waals surface area contributed by atoms with Gasteiger partial charge in [-0.05, 0) is 36.6 Å². The second-order valence-corrected chi connectivity index (χ2v) is 9.25. The predicted octanol–water partition coefficient (Wildman–Crippen LogP) is 4.91. The number of hydrogen-bond acceptors (Lipinski definition) is 4. The molecule has 0 unspecified atom stereocenters. The van der Waals surface area contributed by atoms with E-state index >= 15 is 0 Å². The minimum atomic E-state index is -0.837. The van der Waals surface area contributed by atoms with Crippen molar-refractivity contribution in [3.05, 3.63) is 95.8 Å². The number of hydrogen-bond donors (Lipinski definition) is 1. The van der Waals surface area contributed by atoms with Gasteiger partial charge in [0.15, 0.2) is 18.1 Å². The van der Waals surface area contributed by atoms with Gasteiger partial charge in [0, 0.05) is 24.6 Å². The highest BCUT2D eigenvalue weighted by Gasteiger charge is 2.33. The van der Waals surface area contributed by atoms with E-state index in [1.807, 2.05) is 30.3 Å². The molecule has 3 aromatic rings. The SMILES string of the molecule is COc1ccccc1OCC(=O)N(Cc1ccccc1F)[C@H](Cc1ccccc1)C(=O)NC1CCCC1. The summed E-state index contributed by atoms with van der Waals surface area (Å²) >= 11 is 0. The third-order valence-electron chi connectivity index (χ3n) is 6.69. The molecule has 0 aromatic heterocycles. The van der Waals surface area contributed by atoms with Gasteiger partial charge in [-0.3, -0.25) is 9.59 Å². The molecule has 3 aromatic carbocycles. The smallest absolute Gasteiger partial charge is 0.261 e. The lowest BCUT2D eigenvalue weighted by Gasteiger charge is -2.32. The molecule has 0 heterocycles. The molecular formula is C30H33FN2O4. The Hall–Kier alpha value is -3.87. The number of benzene rings is 3. The Kier molecular flexibility index (Phi) is 9.13. The largest absolute Gasteiger partial charge is 0.493 e. The van der Waals surface area contributed by atoms with E-state index in [1.54, 1.807) is 42.5 Å². The summed E-state index contributed by atoms with van der Waals surface area (Å²) < 4.78 is 25.8. The summed E-state index contributed by atoms with van der Waals surface area (Å²) in [7, 11) is 1.53. The van der Waals surface area contributed by atoms with E-state index in [0.717, 1.165) is 31.2 Å².